The molecule has 2 aromatic carbocycles. The van der Waals surface area contributed by atoms with Crippen molar-refractivity contribution in [3.8, 4) is 0 Å². The number of benzene rings is 2. The number of halogens is 2. The molecule has 0 N–H and O–H groups in total. The van der Waals surface area contributed by atoms with Crippen molar-refractivity contribution in [2.75, 3.05) is 0 Å². The Morgan fingerprint density at radius 1 is 0.562 bits per heavy atom. The minimum Gasteiger partial charge on any atom is -0.151 e. The maximum atomic E-state index is 4.14. The lowest BCUT2D eigenvalue weighted by Gasteiger charge is -1.94. The second-order valence-electron chi connectivity index (χ2n) is 3.15. The Balaban J connectivity index is 2.15. The van der Waals surface area contributed by atoms with Crippen molar-refractivity contribution in [1.29, 1.82) is 0 Å². The zero-order valence-corrected chi connectivity index (χ0v) is 11.4. The zero-order chi connectivity index (χ0) is 11.4. The van der Waals surface area contributed by atoms with Gasteiger partial charge in [-0.1, -0.05) is 31.9 Å². The SMILES string of the molecule is Brc1ccc(N=Nc2ccc(Br)cc2)cc1. The lowest BCUT2D eigenvalue weighted by molar-refractivity contribution is 1.23. The van der Waals surface area contributed by atoms with Gasteiger partial charge in [-0.25, -0.2) is 0 Å². The molecule has 0 heterocycles. The summed E-state index contributed by atoms with van der Waals surface area (Å²) in [5, 5.41) is 8.27. The van der Waals surface area contributed by atoms with Gasteiger partial charge in [0.1, 0.15) is 0 Å². The second-order valence-corrected chi connectivity index (χ2v) is 4.98. The van der Waals surface area contributed by atoms with Crippen molar-refractivity contribution in [2.45, 2.75) is 0 Å². The molecule has 80 valence electrons. The van der Waals surface area contributed by atoms with Crippen molar-refractivity contribution in [3.05, 3.63) is 57.5 Å². The molecule has 0 radical (unpaired) electrons. The van der Waals surface area contributed by atoms with E-state index in [2.05, 4.69) is 42.1 Å². The first kappa shape index (κ1) is 11.5. The highest BCUT2D eigenvalue weighted by molar-refractivity contribution is 9.10. The normalized spacial score (nSPS) is 10.9. The van der Waals surface area contributed by atoms with Crippen LogP contribution in [0.25, 0.3) is 0 Å². The van der Waals surface area contributed by atoms with Crippen LogP contribution in [0.1, 0.15) is 0 Å². The Labute approximate surface area is 111 Å². The fourth-order valence-electron chi connectivity index (χ4n) is 1.13. The quantitative estimate of drug-likeness (QED) is 0.634. The molecule has 0 fully saturated rings. The Kier molecular flexibility index (Phi) is 3.85. The third kappa shape index (κ3) is 3.25. The van der Waals surface area contributed by atoms with Crippen molar-refractivity contribution in [1.82, 2.24) is 0 Å². The van der Waals surface area contributed by atoms with Crippen LogP contribution in [0.15, 0.2) is 67.7 Å². The van der Waals surface area contributed by atoms with E-state index in [-0.39, 0.29) is 0 Å². The fourth-order valence-corrected chi connectivity index (χ4v) is 1.66. The Hall–Kier alpha value is -1.00. The molecule has 0 spiro atoms. The molecule has 0 unspecified atom stereocenters. The summed E-state index contributed by atoms with van der Waals surface area (Å²) in [5.74, 6) is 0. The average Bonchev–Trinajstić information content (AvgIpc) is 2.30. The van der Waals surface area contributed by atoms with Crippen LogP contribution >= 0.6 is 31.9 Å². The third-order valence-electron chi connectivity index (χ3n) is 1.93. The molecule has 16 heavy (non-hydrogen) atoms. The van der Waals surface area contributed by atoms with E-state index in [0.717, 1.165) is 20.3 Å². The van der Waals surface area contributed by atoms with Crippen molar-refractivity contribution in [2.24, 2.45) is 10.2 Å². The summed E-state index contributed by atoms with van der Waals surface area (Å²) in [4.78, 5) is 0. The Morgan fingerprint density at radius 2 is 0.875 bits per heavy atom. The number of hydrogen-bond donors (Lipinski definition) is 0. The van der Waals surface area contributed by atoms with Gasteiger partial charge in [-0.05, 0) is 48.5 Å². The van der Waals surface area contributed by atoms with E-state index in [9.17, 15) is 0 Å². The van der Waals surface area contributed by atoms with E-state index in [1.165, 1.54) is 0 Å². The molecular weight excluding hydrogens is 332 g/mol. The van der Waals surface area contributed by atoms with E-state index in [4.69, 9.17) is 0 Å². The molecule has 2 aromatic rings. The lowest BCUT2D eigenvalue weighted by atomic mass is 10.3. The second kappa shape index (κ2) is 5.37. The summed E-state index contributed by atoms with van der Waals surface area (Å²) in [5.41, 5.74) is 1.68. The fraction of sp³-hybridized carbons (Fsp3) is 0. The molecule has 0 saturated carbocycles. The molecule has 0 atom stereocenters. The molecule has 0 aliphatic carbocycles. The van der Waals surface area contributed by atoms with Gasteiger partial charge < -0.3 is 0 Å². The van der Waals surface area contributed by atoms with E-state index < -0.39 is 0 Å². The van der Waals surface area contributed by atoms with Gasteiger partial charge in [0, 0.05) is 8.95 Å². The third-order valence-corrected chi connectivity index (χ3v) is 2.99. The van der Waals surface area contributed by atoms with Gasteiger partial charge >= 0.3 is 0 Å². The number of rotatable bonds is 2. The van der Waals surface area contributed by atoms with Gasteiger partial charge in [0.2, 0.25) is 0 Å². The summed E-state index contributed by atoms with van der Waals surface area (Å²) in [6.07, 6.45) is 0. The van der Waals surface area contributed by atoms with Crippen LogP contribution in [0.4, 0.5) is 11.4 Å². The minimum absolute atomic E-state index is 0.839. The van der Waals surface area contributed by atoms with Crippen LogP contribution < -0.4 is 0 Å². The first-order valence-corrected chi connectivity index (χ1v) is 6.25. The highest BCUT2D eigenvalue weighted by Crippen LogP contribution is 2.21. The highest BCUT2D eigenvalue weighted by atomic mass is 79.9. The van der Waals surface area contributed by atoms with E-state index in [1.807, 2.05) is 48.5 Å². The summed E-state index contributed by atoms with van der Waals surface area (Å²) in [6.45, 7) is 0. The highest BCUT2D eigenvalue weighted by Gasteiger charge is 1.91. The van der Waals surface area contributed by atoms with Gasteiger partial charge in [-0.15, -0.1) is 0 Å². The summed E-state index contributed by atoms with van der Waals surface area (Å²) in [7, 11) is 0. The van der Waals surface area contributed by atoms with Crippen molar-refractivity contribution >= 4 is 43.2 Å². The molecule has 2 rings (SSSR count). The first-order chi connectivity index (χ1) is 7.74. The largest absolute Gasteiger partial charge is 0.151 e. The summed E-state index contributed by atoms with van der Waals surface area (Å²) >= 11 is 6.74. The Morgan fingerprint density at radius 3 is 1.19 bits per heavy atom. The van der Waals surface area contributed by atoms with E-state index in [1.54, 1.807) is 0 Å². The molecule has 2 nitrogen and oxygen atoms in total. The maximum Gasteiger partial charge on any atom is 0.0857 e. The molecule has 0 aliphatic rings. The standard InChI is InChI=1S/C12H8Br2N2/c13-9-1-5-11(6-2-9)15-16-12-7-3-10(14)4-8-12/h1-8H. The van der Waals surface area contributed by atoms with Gasteiger partial charge in [-0.2, -0.15) is 10.2 Å². The van der Waals surface area contributed by atoms with E-state index in [0.29, 0.717) is 0 Å². The first-order valence-electron chi connectivity index (χ1n) is 4.67. The molecule has 0 bridgehead atoms. The predicted octanol–water partition coefficient (Wildman–Crippen LogP) is 5.63. The number of hydrogen-bond acceptors (Lipinski definition) is 2. The number of azo groups is 1. The number of nitrogens with zero attached hydrogens (tertiary/aromatic N) is 2. The van der Waals surface area contributed by atoms with Crippen molar-refractivity contribution in [3.63, 3.8) is 0 Å². The average molecular weight is 340 g/mol. The zero-order valence-electron chi connectivity index (χ0n) is 8.27. The van der Waals surface area contributed by atoms with Crippen LogP contribution in [0.2, 0.25) is 0 Å². The monoisotopic (exact) mass is 338 g/mol. The molecule has 0 saturated heterocycles. The molecule has 4 heteroatoms. The Bertz CT molecular complexity index is 442. The van der Waals surface area contributed by atoms with Crippen LogP contribution in [0.5, 0.6) is 0 Å². The summed E-state index contributed by atoms with van der Waals surface area (Å²) in [6, 6.07) is 15.4. The van der Waals surface area contributed by atoms with Crippen LogP contribution in [0, 0.1) is 0 Å². The van der Waals surface area contributed by atoms with Crippen molar-refractivity contribution < 1.29 is 0 Å². The predicted molar refractivity (Wildman–Crippen MR) is 72.5 cm³/mol. The van der Waals surface area contributed by atoms with Gasteiger partial charge in [0.25, 0.3) is 0 Å². The molecule has 0 amide bonds. The maximum absolute atomic E-state index is 4.14. The van der Waals surface area contributed by atoms with Gasteiger partial charge in [0.15, 0.2) is 0 Å². The van der Waals surface area contributed by atoms with Crippen LogP contribution in [-0.2, 0) is 0 Å². The smallest absolute Gasteiger partial charge is 0.0857 e. The molecule has 0 aromatic heterocycles. The summed E-state index contributed by atoms with van der Waals surface area (Å²) < 4.78 is 2.07. The molecular formula is C12H8Br2N2. The van der Waals surface area contributed by atoms with Gasteiger partial charge in [0.05, 0.1) is 11.4 Å². The van der Waals surface area contributed by atoms with Gasteiger partial charge in [-0.3, -0.25) is 0 Å². The minimum atomic E-state index is 0.839. The van der Waals surface area contributed by atoms with E-state index >= 15 is 0 Å². The lowest BCUT2D eigenvalue weighted by Crippen LogP contribution is -1.66. The van der Waals surface area contributed by atoms with Crippen LogP contribution in [-0.4, -0.2) is 0 Å². The topological polar surface area (TPSA) is 24.7 Å². The molecule has 0 aliphatic heterocycles. The van der Waals surface area contributed by atoms with Crippen LogP contribution in [0.3, 0.4) is 0 Å².